The summed E-state index contributed by atoms with van der Waals surface area (Å²) in [5.41, 5.74) is 7.32. The molecule has 1 spiro atoms. The summed E-state index contributed by atoms with van der Waals surface area (Å²) < 4.78 is 0. The Bertz CT molecular complexity index is 1580. The van der Waals surface area contributed by atoms with E-state index in [0.717, 1.165) is 42.1 Å². The van der Waals surface area contributed by atoms with Gasteiger partial charge in [0.25, 0.3) is 0 Å². The van der Waals surface area contributed by atoms with Gasteiger partial charge in [0.15, 0.2) is 0 Å². The van der Waals surface area contributed by atoms with Crippen LogP contribution in [-0.2, 0) is 0 Å². The minimum absolute atomic E-state index is 0.255. The van der Waals surface area contributed by atoms with Crippen LogP contribution >= 0.6 is 0 Å². The van der Waals surface area contributed by atoms with E-state index in [2.05, 4.69) is 83.8 Å². The first-order valence-corrected chi connectivity index (χ1v) is 13.7. The maximum absolute atomic E-state index is 11.3. The first kappa shape index (κ1) is 23.6. The van der Waals surface area contributed by atoms with Crippen molar-refractivity contribution < 1.29 is 9.90 Å². The lowest BCUT2D eigenvalue weighted by Crippen LogP contribution is -2.54. The summed E-state index contributed by atoms with van der Waals surface area (Å²) in [6.45, 7) is 0. The lowest BCUT2D eigenvalue weighted by Gasteiger charge is -2.53. The average Bonchev–Trinajstić information content (AvgIpc) is 3.30. The third kappa shape index (κ3) is 3.97. The normalized spacial score (nSPS) is 26.2. The Hall–Kier alpha value is -4.51. The minimum Gasteiger partial charge on any atom is -0.478 e. The van der Waals surface area contributed by atoms with E-state index < -0.39 is 5.97 Å². The van der Waals surface area contributed by atoms with Crippen molar-refractivity contribution in [3.8, 4) is 0 Å². The van der Waals surface area contributed by atoms with Crippen molar-refractivity contribution in [2.75, 3.05) is 0 Å². The highest BCUT2D eigenvalue weighted by atomic mass is 16.4. The Balaban J connectivity index is 1.37. The fourth-order valence-corrected chi connectivity index (χ4v) is 6.74. The van der Waals surface area contributed by atoms with Crippen LogP contribution < -0.4 is 0 Å². The molecule has 3 aromatic rings. The highest BCUT2D eigenvalue weighted by Crippen LogP contribution is 2.57. The molecule has 0 bridgehead atoms. The van der Waals surface area contributed by atoms with Crippen molar-refractivity contribution in [1.29, 1.82) is 0 Å². The number of carboxylic acid groups (broad SMARTS) is 1. The van der Waals surface area contributed by atoms with Crippen LogP contribution in [0.25, 0.3) is 5.70 Å². The molecule has 0 radical (unpaired) electrons. The molecular formula is C34H29N3O2. The molecule has 0 unspecified atom stereocenters. The number of nitrogens with zero attached hydrogens (tertiary/aromatic N) is 3. The molecule has 3 aromatic carbocycles. The van der Waals surface area contributed by atoms with Gasteiger partial charge in [-0.3, -0.25) is 4.99 Å². The number of hydrogen-bond donors (Lipinski definition) is 1. The number of fused-ring (bicyclic) bond motifs is 2. The van der Waals surface area contributed by atoms with Crippen molar-refractivity contribution >= 4 is 28.8 Å². The molecule has 0 aromatic heterocycles. The van der Waals surface area contributed by atoms with Crippen LogP contribution in [0.15, 0.2) is 125 Å². The Kier molecular flexibility index (Phi) is 5.66. The van der Waals surface area contributed by atoms with E-state index in [1.807, 2.05) is 6.08 Å². The molecule has 1 fully saturated rings. The van der Waals surface area contributed by atoms with Gasteiger partial charge in [-0.05, 0) is 72.9 Å². The van der Waals surface area contributed by atoms with E-state index in [1.165, 1.54) is 23.2 Å². The molecule has 5 nitrogen and oxygen atoms in total. The summed E-state index contributed by atoms with van der Waals surface area (Å²) in [4.78, 5) is 24.1. The number of carbonyl (C=O) groups is 1. The lowest BCUT2D eigenvalue weighted by molar-refractivity contribution is 0.0686. The molecule has 5 heteroatoms. The predicted molar refractivity (Wildman–Crippen MR) is 155 cm³/mol. The molecule has 2 aliphatic heterocycles. The lowest BCUT2D eigenvalue weighted by atomic mass is 9.66. The quantitative estimate of drug-likeness (QED) is 0.371. The molecule has 0 amide bonds. The summed E-state index contributed by atoms with van der Waals surface area (Å²) in [6.07, 6.45) is 13.3. The largest absolute Gasteiger partial charge is 0.478 e. The Morgan fingerprint density at radius 1 is 0.897 bits per heavy atom. The van der Waals surface area contributed by atoms with Crippen molar-refractivity contribution in [2.45, 2.75) is 37.3 Å². The number of allylic oxidation sites excluding steroid dienone is 4. The van der Waals surface area contributed by atoms with Crippen LogP contribution in [0.2, 0.25) is 0 Å². The average molecular weight is 512 g/mol. The molecule has 4 aliphatic rings. The zero-order valence-electron chi connectivity index (χ0n) is 21.6. The summed E-state index contributed by atoms with van der Waals surface area (Å²) in [5.74, 6) is -0.280. The molecule has 3 atom stereocenters. The Morgan fingerprint density at radius 2 is 1.64 bits per heavy atom. The van der Waals surface area contributed by atoms with Crippen molar-refractivity contribution in [1.82, 2.24) is 4.90 Å². The van der Waals surface area contributed by atoms with E-state index >= 15 is 0 Å². The van der Waals surface area contributed by atoms with Gasteiger partial charge in [-0.2, -0.15) is 0 Å². The third-order valence-electron chi connectivity index (χ3n) is 8.44. The molecule has 1 saturated carbocycles. The molecule has 2 aliphatic carbocycles. The number of benzene rings is 3. The Labute approximate surface area is 228 Å². The number of carboxylic acids is 1. The third-order valence-corrected chi connectivity index (χ3v) is 8.44. The second-order valence-corrected chi connectivity index (χ2v) is 10.7. The van der Waals surface area contributed by atoms with E-state index in [0.29, 0.717) is 5.92 Å². The van der Waals surface area contributed by atoms with Crippen molar-refractivity contribution in [2.24, 2.45) is 15.9 Å². The minimum atomic E-state index is -0.938. The van der Waals surface area contributed by atoms with Crippen LogP contribution in [0.3, 0.4) is 0 Å². The fraction of sp³-hybridized carbons (Fsp3) is 0.206. The van der Waals surface area contributed by atoms with Gasteiger partial charge >= 0.3 is 5.97 Å². The monoisotopic (exact) mass is 511 g/mol. The van der Waals surface area contributed by atoms with E-state index in [-0.39, 0.29) is 17.1 Å². The van der Waals surface area contributed by atoms with Gasteiger partial charge < -0.3 is 10.0 Å². The first-order chi connectivity index (χ1) is 19.1. The van der Waals surface area contributed by atoms with Crippen LogP contribution in [-0.4, -0.2) is 33.1 Å². The van der Waals surface area contributed by atoms with Gasteiger partial charge in [-0.1, -0.05) is 73.2 Å². The number of rotatable bonds is 4. The summed E-state index contributed by atoms with van der Waals surface area (Å²) in [6, 6.07) is 28.3. The molecule has 1 N–H and O–H groups in total. The van der Waals surface area contributed by atoms with Crippen LogP contribution in [0, 0.1) is 5.92 Å². The van der Waals surface area contributed by atoms with Gasteiger partial charge in [0, 0.05) is 17.5 Å². The summed E-state index contributed by atoms with van der Waals surface area (Å²) in [5, 5.41) is 9.23. The SMILES string of the molecule is O=C(O)c1ccc(N=C2C=CC3=N[C@@]45CCCC[C@H]4[C@H](c4ccccc4)C=C(c4ccccc4)N5C3=C2)cc1. The summed E-state index contributed by atoms with van der Waals surface area (Å²) in [7, 11) is 0. The highest BCUT2D eigenvalue weighted by Gasteiger charge is 2.56. The summed E-state index contributed by atoms with van der Waals surface area (Å²) >= 11 is 0. The van der Waals surface area contributed by atoms with Gasteiger partial charge in [0.1, 0.15) is 5.66 Å². The van der Waals surface area contributed by atoms with Gasteiger partial charge in [0.2, 0.25) is 0 Å². The number of aliphatic imine (C=N–C) groups is 2. The standard InChI is InChI=1S/C34H29N3O2/c38-33(39)25-14-16-26(17-15-25)35-27-18-19-30-32(21-27)37-31(24-11-5-2-6-12-24)22-28(23-9-3-1-4-10-23)29-13-7-8-20-34(29,37)36-30/h1-6,9-12,14-19,21-22,28-29H,7-8,13,20H2,(H,38,39)/t28-,29-,34+/m0/s1. The smallest absolute Gasteiger partial charge is 0.335 e. The first-order valence-electron chi connectivity index (χ1n) is 13.7. The molecule has 0 saturated heterocycles. The molecule has 192 valence electrons. The maximum atomic E-state index is 11.3. The fourth-order valence-electron chi connectivity index (χ4n) is 6.74. The number of aromatic carboxylic acids is 1. The predicted octanol–water partition coefficient (Wildman–Crippen LogP) is 7.39. The van der Waals surface area contributed by atoms with Gasteiger partial charge in [-0.15, -0.1) is 0 Å². The van der Waals surface area contributed by atoms with Crippen LogP contribution in [0.4, 0.5) is 5.69 Å². The Morgan fingerprint density at radius 3 is 2.38 bits per heavy atom. The molecule has 7 rings (SSSR count). The zero-order valence-corrected chi connectivity index (χ0v) is 21.6. The number of hydrogen-bond acceptors (Lipinski definition) is 4. The highest BCUT2D eigenvalue weighted by molar-refractivity contribution is 6.23. The topological polar surface area (TPSA) is 65.3 Å². The maximum Gasteiger partial charge on any atom is 0.335 e. The van der Waals surface area contributed by atoms with Crippen LogP contribution in [0.1, 0.15) is 53.1 Å². The molecule has 2 heterocycles. The second kappa shape index (κ2) is 9.35. The van der Waals surface area contributed by atoms with E-state index in [1.54, 1.807) is 24.3 Å². The zero-order chi connectivity index (χ0) is 26.4. The van der Waals surface area contributed by atoms with Gasteiger partial charge in [-0.25, -0.2) is 9.79 Å². The molecule has 39 heavy (non-hydrogen) atoms. The van der Waals surface area contributed by atoms with Crippen LogP contribution in [0.5, 0.6) is 0 Å². The molecular weight excluding hydrogens is 482 g/mol. The van der Waals surface area contributed by atoms with Crippen molar-refractivity contribution in [3.05, 3.63) is 132 Å². The van der Waals surface area contributed by atoms with Crippen molar-refractivity contribution in [3.63, 3.8) is 0 Å². The van der Waals surface area contributed by atoms with Gasteiger partial charge in [0.05, 0.1) is 28.4 Å². The van der Waals surface area contributed by atoms with E-state index in [4.69, 9.17) is 9.98 Å². The van der Waals surface area contributed by atoms with E-state index in [9.17, 15) is 9.90 Å². The second-order valence-electron chi connectivity index (χ2n) is 10.7.